The Morgan fingerprint density at radius 2 is 1.78 bits per heavy atom. The third-order valence-corrected chi connectivity index (χ3v) is 2.89. The van der Waals surface area contributed by atoms with E-state index in [2.05, 4.69) is 10.6 Å². The van der Waals surface area contributed by atoms with E-state index in [1.807, 2.05) is 5.32 Å². The third-order valence-electron chi connectivity index (χ3n) is 2.64. The number of urea groups is 1. The summed E-state index contributed by atoms with van der Waals surface area (Å²) in [5.74, 6) is -2.07. The van der Waals surface area contributed by atoms with Crippen molar-refractivity contribution in [3.63, 3.8) is 0 Å². The van der Waals surface area contributed by atoms with Gasteiger partial charge in [0.05, 0.1) is 0 Å². The van der Waals surface area contributed by atoms with Crippen LogP contribution in [0, 0.1) is 0 Å². The molecule has 9 heteroatoms. The topological polar surface area (TPSA) is 114 Å². The van der Waals surface area contributed by atoms with Crippen molar-refractivity contribution in [3.8, 4) is 0 Å². The number of ether oxygens (including phenoxy) is 1. The summed E-state index contributed by atoms with van der Waals surface area (Å²) in [7, 11) is 1.34. The maximum atomic E-state index is 11.8. The van der Waals surface area contributed by atoms with Gasteiger partial charge in [-0.2, -0.15) is 0 Å². The van der Waals surface area contributed by atoms with Crippen LogP contribution in [0.1, 0.15) is 17.3 Å². The maximum Gasteiger partial charge on any atom is 0.326 e. The smallest absolute Gasteiger partial charge is 0.326 e. The second-order valence-electron chi connectivity index (χ2n) is 4.39. The molecule has 0 bridgehead atoms. The molecule has 0 aromatic heterocycles. The standard InChI is InChI=1S/C14H16ClN3O5/c1-8(12(20)18-14(22)16-2)23-11(19)7-17-13(21)9-3-5-10(15)6-4-9/h3-6,8H,7H2,1-2H3,(H,17,21)(H2,16,18,20,22)/t8-/m1/s1. The Balaban J connectivity index is 2.41. The van der Waals surface area contributed by atoms with Gasteiger partial charge in [0.15, 0.2) is 6.10 Å². The Kier molecular flexibility index (Phi) is 7.01. The number of carbonyl (C=O) groups is 4. The first-order valence-corrected chi connectivity index (χ1v) is 6.97. The SMILES string of the molecule is CNC(=O)NC(=O)[C@@H](C)OC(=O)CNC(=O)c1ccc(Cl)cc1. The van der Waals surface area contributed by atoms with E-state index in [0.717, 1.165) is 0 Å². The highest BCUT2D eigenvalue weighted by molar-refractivity contribution is 6.30. The molecule has 0 spiro atoms. The molecule has 1 atom stereocenters. The largest absolute Gasteiger partial charge is 0.451 e. The number of carbonyl (C=O) groups excluding carboxylic acids is 4. The minimum absolute atomic E-state index is 0.326. The number of benzene rings is 1. The van der Waals surface area contributed by atoms with Crippen molar-refractivity contribution in [1.29, 1.82) is 0 Å². The molecule has 0 aliphatic rings. The van der Waals surface area contributed by atoms with Crippen molar-refractivity contribution >= 4 is 35.4 Å². The summed E-state index contributed by atoms with van der Waals surface area (Å²) in [5.41, 5.74) is 0.326. The highest BCUT2D eigenvalue weighted by atomic mass is 35.5. The van der Waals surface area contributed by atoms with E-state index in [4.69, 9.17) is 16.3 Å². The number of imide groups is 1. The summed E-state index contributed by atoms with van der Waals surface area (Å²) < 4.78 is 4.80. The van der Waals surface area contributed by atoms with E-state index in [-0.39, 0.29) is 0 Å². The molecule has 0 aliphatic heterocycles. The molecule has 4 amide bonds. The molecule has 23 heavy (non-hydrogen) atoms. The summed E-state index contributed by atoms with van der Waals surface area (Å²) in [6.45, 7) is 0.885. The van der Waals surface area contributed by atoms with Crippen molar-refractivity contribution in [2.75, 3.05) is 13.6 Å². The van der Waals surface area contributed by atoms with Crippen molar-refractivity contribution in [2.45, 2.75) is 13.0 Å². The molecule has 1 aromatic rings. The Bertz CT molecular complexity index is 603. The van der Waals surface area contributed by atoms with E-state index < -0.39 is 36.5 Å². The zero-order valence-corrected chi connectivity index (χ0v) is 13.3. The normalized spacial score (nSPS) is 11.1. The quantitative estimate of drug-likeness (QED) is 0.673. The van der Waals surface area contributed by atoms with Crippen LogP contribution in [0.3, 0.4) is 0 Å². The lowest BCUT2D eigenvalue weighted by molar-refractivity contribution is -0.153. The second-order valence-corrected chi connectivity index (χ2v) is 4.83. The van der Waals surface area contributed by atoms with Gasteiger partial charge in [-0.15, -0.1) is 0 Å². The molecule has 8 nitrogen and oxygen atoms in total. The van der Waals surface area contributed by atoms with Gasteiger partial charge in [0.1, 0.15) is 6.54 Å². The minimum atomic E-state index is -1.17. The van der Waals surface area contributed by atoms with Crippen LogP contribution < -0.4 is 16.0 Å². The summed E-state index contributed by atoms with van der Waals surface area (Å²) in [6, 6.07) is 5.37. The van der Waals surface area contributed by atoms with Crippen molar-refractivity contribution in [1.82, 2.24) is 16.0 Å². The van der Waals surface area contributed by atoms with Crippen molar-refractivity contribution < 1.29 is 23.9 Å². The van der Waals surface area contributed by atoms with E-state index in [1.54, 1.807) is 12.1 Å². The van der Waals surface area contributed by atoms with Gasteiger partial charge in [0, 0.05) is 17.6 Å². The van der Waals surface area contributed by atoms with Gasteiger partial charge in [0.2, 0.25) is 0 Å². The molecular weight excluding hydrogens is 326 g/mol. The average molecular weight is 342 g/mol. The first kappa shape index (κ1) is 18.4. The fourth-order valence-electron chi connectivity index (χ4n) is 1.42. The van der Waals surface area contributed by atoms with Crippen LogP contribution in [-0.2, 0) is 14.3 Å². The van der Waals surface area contributed by atoms with Gasteiger partial charge in [-0.05, 0) is 31.2 Å². The molecule has 1 aromatic carbocycles. The lowest BCUT2D eigenvalue weighted by Gasteiger charge is -2.13. The number of rotatable bonds is 5. The number of amides is 4. The van der Waals surface area contributed by atoms with E-state index in [9.17, 15) is 19.2 Å². The van der Waals surface area contributed by atoms with Gasteiger partial charge < -0.3 is 15.4 Å². The van der Waals surface area contributed by atoms with Crippen LogP contribution in [0.2, 0.25) is 5.02 Å². The minimum Gasteiger partial charge on any atom is -0.451 e. The Morgan fingerprint density at radius 3 is 2.35 bits per heavy atom. The van der Waals surface area contributed by atoms with Gasteiger partial charge in [0.25, 0.3) is 11.8 Å². The van der Waals surface area contributed by atoms with Gasteiger partial charge in [-0.25, -0.2) is 4.79 Å². The average Bonchev–Trinajstić information content (AvgIpc) is 2.52. The number of halogens is 1. The maximum absolute atomic E-state index is 11.8. The van der Waals surface area contributed by atoms with Crippen LogP contribution in [0.5, 0.6) is 0 Å². The molecule has 0 heterocycles. The van der Waals surface area contributed by atoms with Crippen LogP contribution in [-0.4, -0.2) is 43.5 Å². The van der Waals surface area contributed by atoms with Crippen LogP contribution in [0.4, 0.5) is 4.79 Å². The summed E-state index contributed by atoms with van der Waals surface area (Å²) in [5, 5.41) is 6.98. The van der Waals surface area contributed by atoms with E-state index in [0.29, 0.717) is 10.6 Å². The molecule has 0 saturated carbocycles. The molecule has 0 unspecified atom stereocenters. The van der Waals surface area contributed by atoms with Crippen LogP contribution in [0.15, 0.2) is 24.3 Å². The lowest BCUT2D eigenvalue weighted by Crippen LogP contribution is -2.44. The first-order chi connectivity index (χ1) is 10.8. The number of hydrogen-bond acceptors (Lipinski definition) is 5. The summed E-state index contributed by atoms with van der Waals surface area (Å²) in [4.78, 5) is 45.8. The van der Waals surface area contributed by atoms with E-state index in [1.165, 1.54) is 26.1 Å². The van der Waals surface area contributed by atoms with Crippen molar-refractivity contribution in [2.24, 2.45) is 0 Å². The highest BCUT2D eigenvalue weighted by Crippen LogP contribution is 2.09. The molecular formula is C14H16ClN3O5. The Morgan fingerprint density at radius 1 is 1.17 bits per heavy atom. The monoisotopic (exact) mass is 341 g/mol. The molecule has 1 rings (SSSR count). The zero-order valence-electron chi connectivity index (χ0n) is 12.5. The molecule has 0 radical (unpaired) electrons. The fourth-order valence-corrected chi connectivity index (χ4v) is 1.55. The highest BCUT2D eigenvalue weighted by Gasteiger charge is 2.19. The lowest BCUT2D eigenvalue weighted by atomic mass is 10.2. The van der Waals surface area contributed by atoms with Gasteiger partial charge in [-0.3, -0.25) is 19.7 Å². The first-order valence-electron chi connectivity index (χ1n) is 6.59. The molecule has 3 N–H and O–H groups in total. The van der Waals surface area contributed by atoms with Gasteiger partial charge in [-0.1, -0.05) is 11.6 Å². The molecule has 0 saturated heterocycles. The number of esters is 1. The molecule has 0 aliphatic carbocycles. The Hall–Kier alpha value is -2.61. The number of hydrogen-bond donors (Lipinski definition) is 3. The van der Waals surface area contributed by atoms with Gasteiger partial charge >= 0.3 is 12.0 Å². The Labute approximate surface area is 137 Å². The third kappa shape index (κ3) is 6.35. The molecule has 124 valence electrons. The fraction of sp³-hybridized carbons (Fsp3) is 0.286. The van der Waals surface area contributed by atoms with Crippen LogP contribution in [0.25, 0.3) is 0 Å². The predicted molar refractivity (Wildman–Crippen MR) is 81.9 cm³/mol. The summed E-state index contributed by atoms with van der Waals surface area (Å²) >= 11 is 5.71. The molecule has 0 fully saturated rings. The second kappa shape index (κ2) is 8.74. The zero-order chi connectivity index (χ0) is 17.4. The summed E-state index contributed by atoms with van der Waals surface area (Å²) in [6.07, 6.45) is -1.17. The van der Waals surface area contributed by atoms with Crippen LogP contribution >= 0.6 is 11.6 Å². The van der Waals surface area contributed by atoms with E-state index >= 15 is 0 Å². The number of nitrogens with one attached hydrogen (secondary N) is 3. The van der Waals surface area contributed by atoms with Crippen molar-refractivity contribution in [3.05, 3.63) is 34.9 Å². The predicted octanol–water partition coefficient (Wildman–Crippen LogP) is 0.457.